The topological polar surface area (TPSA) is 37.4 Å². The van der Waals surface area contributed by atoms with E-state index in [1.165, 1.54) is 6.42 Å². The van der Waals surface area contributed by atoms with Crippen molar-refractivity contribution in [1.82, 2.24) is 4.90 Å². The van der Waals surface area contributed by atoms with Crippen molar-refractivity contribution in [2.24, 2.45) is 22.2 Å². The lowest BCUT2D eigenvalue weighted by molar-refractivity contribution is -0.149. The van der Waals surface area contributed by atoms with Gasteiger partial charge >= 0.3 is 0 Å². The van der Waals surface area contributed by atoms with Gasteiger partial charge in [0, 0.05) is 24.9 Å². The fourth-order valence-electron chi connectivity index (χ4n) is 5.01. The van der Waals surface area contributed by atoms with Crippen LogP contribution in [0.15, 0.2) is 0 Å². The van der Waals surface area contributed by atoms with E-state index in [-0.39, 0.29) is 16.7 Å². The number of hydrogen-bond donors (Lipinski definition) is 0. The molecule has 3 nitrogen and oxygen atoms in total. The molecule has 1 aliphatic heterocycles. The predicted molar refractivity (Wildman–Crippen MR) is 78.2 cm³/mol. The molecule has 3 rings (SSSR count). The number of hydrogen-bond acceptors (Lipinski definition) is 2. The average Bonchev–Trinajstić information content (AvgIpc) is 2.68. The summed E-state index contributed by atoms with van der Waals surface area (Å²) in [7, 11) is 0. The smallest absolute Gasteiger partial charge is 0.229 e. The number of fused-ring (bicyclic) bond motifs is 2. The third-order valence-corrected chi connectivity index (χ3v) is 7.06. The van der Waals surface area contributed by atoms with Crippen molar-refractivity contribution in [3.63, 3.8) is 0 Å². The zero-order valence-electron chi connectivity index (χ0n) is 13.3. The van der Waals surface area contributed by atoms with Crippen LogP contribution in [0.2, 0.25) is 0 Å². The predicted octanol–water partition coefficient (Wildman–Crippen LogP) is 3.03. The lowest BCUT2D eigenvalue weighted by Gasteiger charge is -2.43. The highest BCUT2D eigenvalue weighted by molar-refractivity contribution is 5.99. The molecule has 0 aromatic carbocycles. The fourth-order valence-corrected chi connectivity index (χ4v) is 5.01. The van der Waals surface area contributed by atoms with Crippen LogP contribution in [0, 0.1) is 22.2 Å². The summed E-state index contributed by atoms with van der Waals surface area (Å²) in [5.41, 5.74) is -0.908. The number of piperidine rings is 1. The number of rotatable bonds is 1. The molecule has 1 amide bonds. The molecule has 0 spiro atoms. The number of amides is 1. The van der Waals surface area contributed by atoms with Gasteiger partial charge in [0.15, 0.2) is 0 Å². The lowest BCUT2D eigenvalue weighted by Crippen LogP contribution is -2.51. The standard InChI is InChI=1S/C17H27NO2/c1-12-6-5-9-18(11-12)14(20)17-8-7-16(4,13(19)10-17)15(17,2)3/h12H,5-11H2,1-4H3/t12-,16+,17+/m1/s1. The van der Waals surface area contributed by atoms with Gasteiger partial charge in [-0.3, -0.25) is 9.59 Å². The van der Waals surface area contributed by atoms with E-state index in [0.29, 0.717) is 18.1 Å². The van der Waals surface area contributed by atoms with Crippen LogP contribution in [-0.4, -0.2) is 29.7 Å². The van der Waals surface area contributed by atoms with Crippen LogP contribution in [-0.2, 0) is 9.59 Å². The number of nitrogens with zero attached hydrogens (tertiary/aromatic N) is 1. The molecule has 2 aliphatic carbocycles. The van der Waals surface area contributed by atoms with Gasteiger partial charge in [-0.15, -0.1) is 0 Å². The summed E-state index contributed by atoms with van der Waals surface area (Å²) >= 11 is 0. The van der Waals surface area contributed by atoms with Gasteiger partial charge in [0.1, 0.15) is 5.78 Å². The molecule has 112 valence electrons. The number of ketones is 1. The Balaban J connectivity index is 1.93. The van der Waals surface area contributed by atoms with Crippen molar-refractivity contribution in [2.45, 2.75) is 59.8 Å². The highest BCUT2D eigenvalue weighted by Gasteiger charge is 2.73. The van der Waals surface area contributed by atoms with Gasteiger partial charge in [0.05, 0.1) is 5.41 Å². The van der Waals surface area contributed by atoms with E-state index in [4.69, 9.17) is 0 Å². The molecule has 0 aromatic heterocycles. The first-order valence-electron chi connectivity index (χ1n) is 8.07. The minimum atomic E-state index is -0.421. The second kappa shape index (κ2) is 4.08. The number of likely N-dealkylation sites (tertiary alicyclic amines) is 1. The molecule has 2 bridgehead atoms. The monoisotopic (exact) mass is 277 g/mol. The number of Topliss-reactive ketones (excluding diaryl/α,β-unsaturated/α-hetero) is 1. The third-order valence-electron chi connectivity index (χ3n) is 7.06. The third kappa shape index (κ3) is 1.47. The maximum Gasteiger partial charge on any atom is 0.229 e. The van der Waals surface area contributed by atoms with Crippen LogP contribution < -0.4 is 0 Å². The van der Waals surface area contributed by atoms with Gasteiger partial charge < -0.3 is 4.90 Å². The zero-order chi connectivity index (χ0) is 14.8. The molecule has 3 heteroatoms. The van der Waals surface area contributed by atoms with Crippen molar-refractivity contribution < 1.29 is 9.59 Å². The number of carbonyl (C=O) groups excluding carboxylic acids is 2. The Morgan fingerprint density at radius 3 is 2.45 bits per heavy atom. The number of carbonyl (C=O) groups is 2. The molecule has 1 heterocycles. The second-order valence-corrected chi connectivity index (χ2v) is 8.14. The molecule has 3 atom stereocenters. The molecule has 0 radical (unpaired) electrons. The molecular weight excluding hydrogens is 250 g/mol. The van der Waals surface area contributed by atoms with E-state index < -0.39 is 5.41 Å². The highest BCUT2D eigenvalue weighted by atomic mass is 16.2. The summed E-state index contributed by atoms with van der Waals surface area (Å²) in [6.07, 6.45) is 4.57. The first-order valence-corrected chi connectivity index (χ1v) is 8.07. The zero-order valence-corrected chi connectivity index (χ0v) is 13.3. The normalized spacial score (nSPS) is 43.1. The highest BCUT2D eigenvalue weighted by Crippen LogP contribution is 2.71. The molecule has 2 saturated carbocycles. The fraction of sp³-hybridized carbons (Fsp3) is 0.882. The van der Waals surface area contributed by atoms with Crippen LogP contribution in [0.25, 0.3) is 0 Å². The van der Waals surface area contributed by atoms with Crippen LogP contribution >= 0.6 is 0 Å². The van der Waals surface area contributed by atoms with Crippen molar-refractivity contribution >= 4 is 11.7 Å². The van der Waals surface area contributed by atoms with Gasteiger partial charge in [0.25, 0.3) is 0 Å². The van der Waals surface area contributed by atoms with Crippen LogP contribution in [0.1, 0.15) is 59.8 Å². The van der Waals surface area contributed by atoms with Crippen LogP contribution in [0.3, 0.4) is 0 Å². The molecule has 3 aliphatic rings. The van der Waals surface area contributed by atoms with Gasteiger partial charge in [-0.05, 0) is 37.0 Å². The summed E-state index contributed by atoms with van der Waals surface area (Å²) in [6.45, 7) is 10.4. The first kappa shape index (κ1) is 14.1. The maximum absolute atomic E-state index is 13.2. The van der Waals surface area contributed by atoms with Gasteiger partial charge in [-0.1, -0.05) is 27.7 Å². The Kier molecular flexibility index (Phi) is 2.88. The van der Waals surface area contributed by atoms with Crippen molar-refractivity contribution in [3.05, 3.63) is 0 Å². The van der Waals surface area contributed by atoms with E-state index in [1.54, 1.807) is 0 Å². The molecule has 3 fully saturated rings. The summed E-state index contributed by atoms with van der Waals surface area (Å²) in [5, 5.41) is 0. The molecular formula is C17H27NO2. The van der Waals surface area contributed by atoms with Gasteiger partial charge in [0.2, 0.25) is 5.91 Å². The SMILES string of the molecule is C[C@@H]1CCCN(C(=O)[C@]23CC[C@@](C)(C(=O)C2)C3(C)C)C1. The average molecular weight is 277 g/mol. The summed E-state index contributed by atoms with van der Waals surface area (Å²) in [4.78, 5) is 27.7. The van der Waals surface area contributed by atoms with E-state index in [0.717, 1.165) is 32.4 Å². The Bertz CT molecular complexity index is 470. The van der Waals surface area contributed by atoms with Crippen molar-refractivity contribution in [1.29, 1.82) is 0 Å². The minimum Gasteiger partial charge on any atom is -0.342 e. The Hall–Kier alpha value is -0.860. The molecule has 0 N–H and O–H groups in total. The summed E-state index contributed by atoms with van der Waals surface area (Å²) in [6, 6.07) is 0. The van der Waals surface area contributed by atoms with E-state index in [1.807, 2.05) is 0 Å². The van der Waals surface area contributed by atoms with E-state index in [9.17, 15) is 9.59 Å². The largest absolute Gasteiger partial charge is 0.342 e. The minimum absolute atomic E-state index is 0.200. The first-order chi connectivity index (χ1) is 9.24. The summed E-state index contributed by atoms with van der Waals surface area (Å²) < 4.78 is 0. The Morgan fingerprint density at radius 1 is 1.25 bits per heavy atom. The maximum atomic E-state index is 13.2. The van der Waals surface area contributed by atoms with Gasteiger partial charge in [-0.25, -0.2) is 0 Å². The van der Waals surface area contributed by atoms with E-state index >= 15 is 0 Å². The molecule has 0 aromatic rings. The Morgan fingerprint density at radius 2 is 1.95 bits per heavy atom. The van der Waals surface area contributed by atoms with Crippen molar-refractivity contribution in [2.75, 3.05) is 13.1 Å². The van der Waals surface area contributed by atoms with Crippen LogP contribution in [0.5, 0.6) is 0 Å². The molecule has 20 heavy (non-hydrogen) atoms. The van der Waals surface area contributed by atoms with E-state index in [2.05, 4.69) is 32.6 Å². The van der Waals surface area contributed by atoms with Crippen molar-refractivity contribution in [3.8, 4) is 0 Å². The van der Waals surface area contributed by atoms with Gasteiger partial charge in [-0.2, -0.15) is 0 Å². The summed E-state index contributed by atoms with van der Waals surface area (Å²) in [5.74, 6) is 1.17. The quantitative estimate of drug-likeness (QED) is 0.739. The van der Waals surface area contributed by atoms with Crippen LogP contribution in [0.4, 0.5) is 0 Å². The lowest BCUT2D eigenvalue weighted by atomic mass is 9.64. The second-order valence-electron chi connectivity index (χ2n) is 8.14. The Labute approximate surface area is 122 Å². The molecule has 1 saturated heterocycles. The molecule has 0 unspecified atom stereocenters.